The Morgan fingerprint density at radius 2 is 1.97 bits per heavy atom. The number of fused-ring (bicyclic) bond motifs is 2. The first-order chi connectivity index (χ1) is 15.5. The van der Waals surface area contributed by atoms with E-state index >= 15 is 0 Å². The number of likely N-dealkylation sites (N-methyl/N-ethyl adjacent to an activating group) is 1. The number of rotatable bonds is 4. The first-order valence-corrected chi connectivity index (χ1v) is 10.2. The van der Waals surface area contributed by atoms with Crippen molar-refractivity contribution in [3.63, 3.8) is 0 Å². The summed E-state index contributed by atoms with van der Waals surface area (Å²) >= 11 is 0. The zero-order chi connectivity index (χ0) is 22.2. The van der Waals surface area contributed by atoms with Gasteiger partial charge in [-0.2, -0.15) is 5.10 Å². The highest BCUT2D eigenvalue weighted by atomic mass is 16.2. The van der Waals surface area contributed by atoms with Crippen LogP contribution in [0.3, 0.4) is 0 Å². The number of aromatic amines is 2. The number of nitrogens with zero attached hydrogens (tertiary/aromatic N) is 3. The molecule has 1 aliphatic rings. The van der Waals surface area contributed by atoms with Crippen LogP contribution in [0.1, 0.15) is 34.8 Å². The van der Waals surface area contributed by atoms with Crippen molar-refractivity contribution >= 4 is 39.4 Å². The Morgan fingerprint density at radius 3 is 2.72 bits per heavy atom. The number of H-pyrrole nitrogens is 2. The van der Waals surface area contributed by atoms with Crippen LogP contribution in [0.25, 0.3) is 27.5 Å². The molecule has 5 rings (SSSR count). The van der Waals surface area contributed by atoms with E-state index in [0.29, 0.717) is 11.2 Å². The Bertz CT molecular complexity index is 1450. The molecule has 0 saturated carbocycles. The lowest BCUT2D eigenvalue weighted by molar-refractivity contribution is 0.0930. The summed E-state index contributed by atoms with van der Waals surface area (Å²) in [6, 6.07) is 13.4. The maximum absolute atomic E-state index is 12.8. The number of amides is 1. The van der Waals surface area contributed by atoms with Crippen LogP contribution in [0.5, 0.6) is 0 Å². The minimum atomic E-state index is -0.271. The second kappa shape index (κ2) is 7.68. The van der Waals surface area contributed by atoms with Gasteiger partial charge in [0.05, 0.1) is 22.6 Å². The normalized spacial score (nSPS) is 14.5. The van der Waals surface area contributed by atoms with E-state index in [1.165, 1.54) is 0 Å². The summed E-state index contributed by atoms with van der Waals surface area (Å²) in [5, 5.41) is 11.3. The van der Waals surface area contributed by atoms with Crippen LogP contribution in [-0.2, 0) is 4.79 Å². The van der Waals surface area contributed by atoms with Gasteiger partial charge in [-0.1, -0.05) is 30.3 Å². The van der Waals surface area contributed by atoms with Crippen LogP contribution >= 0.6 is 0 Å². The molecule has 3 N–H and O–H groups in total. The van der Waals surface area contributed by atoms with Crippen molar-refractivity contribution in [3.05, 3.63) is 83.6 Å². The fourth-order valence-electron chi connectivity index (χ4n) is 3.79. The van der Waals surface area contributed by atoms with Crippen molar-refractivity contribution in [2.24, 2.45) is 0 Å². The molecule has 1 aliphatic heterocycles. The zero-order valence-corrected chi connectivity index (χ0v) is 17.5. The van der Waals surface area contributed by atoms with Gasteiger partial charge in [0.15, 0.2) is 11.8 Å². The van der Waals surface area contributed by atoms with E-state index in [-0.39, 0.29) is 17.8 Å². The second-order valence-corrected chi connectivity index (χ2v) is 7.69. The molecule has 1 atom stereocenters. The van der Waals surface area contributed by atoms with Gasteiger partial charge in [0, 0.05) is 24.2 Å². The van der Waals surface area contributed by atoms with Crippen LogP contribution in [0.15, 0.2) is 66.5 Å². The quantitative estimate of drug-likeness (QED) is 0.435. The Morgan fingerprint density at radius 1 is 1.16 bits per heavy atom. The van der Waals surface area contributed by atoms with Gasteiger partial charge in [-0.25, -0.2) is 9.78 Å². The third-order valence-corrected chi connectivity index (χ3v) is 5.54. The lowest BCUT2D eigenvalue weighted by atomic mass is 10.1. The van der Waals surface area contributed by atoms with Gasteiger partial charge < -0.3 is 15.2 Å². The van der Waals surface area contributed by atoms with Crippen molar-refractivity contribution in [3.8, 4) is 0 Å². The van der Waals surface area contributed by atoms with E-state index in [4.69, 9.17) is 0 Å². The molecular formula is C24H20N6O2. The van der Waals surface area contributed by atoms with E-state index < -0.39 is 0 Å². The van der Waals surface area contributed by atoms with Crippen molar-refractivity contribution < 1.29 is 9.59 Å². The first kappa shape index (κ1) is 19.5. The number of hydrogen-bond donors (Lipinski definition) is 3. The minimum Gasteiger partial charge on any atom is -0.343 e. The number of hydrogen-bond acceptors (Lipinski definition) is 5. The lowest BCUT2D eigenvalue weighted by Crippen LogP contribution is -2.27. The fraction of sp³-hybridized carbons (Fsp3) is 0.125. The third kappa shape index (κ3) is 3.38. The predicted molar refractivity (Wildman–Crippen MR) is 122 cm³/mol. The van der Waals surface area contributed by atoms with Crippen molar-refractivity contribution in [2.75, 3.05) is 7.05 Å². The SMILES string of the molecule is CC(NC(=O)c1nc2cc3c(C4=CN(C)C(=C=O)C=C4)n[nH]c3cc2[nH]1)c1ccccc1. The molecule has 0 radical (unpaired) electrons. The van der Waals surface area contributed by atoms with Gasteiger partial charge in [0.2, 0.25) is 0 Å². The van der Waals surface area contributed by atoms with Gasteiger partial charge in [-0.3, -0.25) is 9.89 Å². The molecule has 32 heavy (non-hydrogen) atoms. The Labute approximate surface area is 183 Å². The number of benzene rings is 2. The van der Waals surface area contributed by atoms with Gasteiger partial charge in [0.25, 0.3) is 5.91 Å². The standard InChI is InChI=1S/C24H20N6O2/c1-14(15-6-4-3-5-7-15)25-24(32)23-26-20-10-18-19(11-21(20)27-23)28-29-22(18)16-8-9-17(13-31)30(2)12-16/h3-12,14H,1-2H3,(H,25,32)(H,26,27)(H,28,29). The number of carbonyl (C=O) groups is 1. The predicted octanol–water partition coefficient (Wildman–Crippen LogP) is 3.49. The van der Waals surface area contributed by atoms with Crippen LogP contribution in [0, 0.1) is 0 Å². The molecule has 3 heterocycles. The van der Waals surface area contributed by atoms with Crippen LogP contribution in [0.4, 0.5) is 0 Å². The van der Waals surface area contributed by atoms with E-state index in [1.54, 1.807) is 18.0 Å². The third-order valence-electron chi connectivity index (χ3n) is 5.54. The van der Waals surface area contributed by atoms with Gasteiger partial charge in [-0.15, -0.1) is 0 Å². The van der Waals surface area contributed by atoms with Crippen molar-refractivity contribution in [2.45, 2.75) is 13.0 Å². The monoisotopic (exact) mass is 424 g/mol. The molecule has 0 aliphatic carbocycles. The van der Waals surface area contributed by atoms with E-state index in [1.807, 2.05) is 67.6 Å². The average molecular weight is 424 g/mol. The highest BCUT2D eigenvalue weighted by molar-refractivity contribution is 6.02. The highest BCUT2D eigenvalue weighted by Gasteiger charge is 2.18. The van der Waals surface area contributed by atoms with E-state index in [9.17, 15) is 9.59 Å². The lowest BCUT2D eigenvalue weighted by Gasteiger charge is -2.17. The van der Waals surface area contributed by atoms with Gasteiger partial charge in [-0.05, 0) is 36.8 Å². The molecule has 0 saturated heterocycles. The summed E-state index contributed by atoms with van der Waals surface area (Å²) < 4.78 is 0. The smallest absolute Gasteiger partial charge is 0.287 e. The highest BCUT2D eigenvalue weighted by Crippen LogP contribution is 2.29. The fourth-order valence-corrected chi connectivity index (χ4v) is 3.79. The van der Waals surface area contributed by atoms with E-state index in [0.717, 1.165) is 33.3 Å². The molecule has 1 unspecified atom stereocenters. The molecule has 1 amide bonds. The summed E-state index contributed by atoms with van der Waals surface area (Å²) in [6.45, 7) is 1.94. The van der Waals surface area contributed by atoms with Crippen molar-refractivity contribution in [1.82, 2.24) is 30.4 Å². The van der Waals surface area contributed by atoms with Gasteiger partial charge in [0.1, 0.15) is 11.4 Å². The number of carbonyl (C=O) groups excluding carboxylic acids is 2. The summed E-state index contributed by atoms with van der Waals surface area (Å²) in [7, 11) is 1.78. The Hall–Kier alpha value is -4.42. The number of imidazole rings is 1. The molecule has 0 fully saturated rings. The summed E-state index contributed by atoms with van der Waals surface area (Å²) in [5.74, 6) is 1.88. The molecule has 2 aromatic carbocycles. The maximum Gasteiger partial charge on any atom is 0.287 e. The zero-order valence-electron chi connectivity index (χ0n) is 17.5. The van der Waals surface area contributed by atoms with Crippen molar-refractivity contribution in [1.29, 1.82) is 0 Å². The minimum absolute atomic E-state index is 0.144. The topological polar surface area (TPSA) is 107 Å². The molecule has 8 heteroatoms. The summed E-state index contributed by atoms with van der Waals surface area (Å²) in [4.78, 5) is 33.0. The summed E-state index contributed by atoms with van der Waals surface area (Å²) in [6.07, 6.45) is 5.36. The van der Waals surface area contributed by atoms with Gasteiger partial charge >= 0.3 is 0 Å². The molecule has 158 valence electrons. The summed E-state index contributed by atoms with van der Waals surface area (Å²) in [5.41, 5.74) is 5.27. The molecule has 0 bridgehead atoms. The van der Waals surface area contributed by atoms with Crippen LogP contribution < -0.4 is 5.32 Å². The number of allylic oxidation sites excluding steroid dienone is 3. The molecular weight excluding hydrogens is 404 g/mol. The molecule has 4 aromatic rings. The average Bonchev–Trinajstić information content (AvgIpc) is 3.41. The Kier molecular flexibility index (Phi) is 4.69. The first-order valence-electron chi connectivity index (χ1n) is 10.2. The molecule has 2 aromatic heterocycles. The maximum atomic E-state index is 12.8. The van der Waals surface area contributed by atoms with Crippen LogP contribution in [0.2, 0.25) is 0 Å². The van der Waals surface area contributed by atoms with E-state index in [2.05, 4.69) is 25.5 Å². The molecule has 8 nitrogen and oxygen atoms in total. The second-order valence-electron chi connectivity index (χ2n) is 7.69. The molecule has 0 spiro atoms. The number of nitrogens with one attached hydrogen (secondary N) is 3. The largest absolute Gasteiger partial charge is 0.343 e. The van der Waals surface area contributed by atoms with Crippen LogP contribution in [-0.4, -0.2) is 44.0 Å². The Balaban J connectivity index is 1.46. The number of aromatic nitrogens is 4.